The van der Waals surface area contributed by atoms with Crippen molar-refractivity contribution in [3.8, 4) is 5.75 Å². The van der Waals surface area contributed by atoms with E-state index >= 15 is 0 Å². The number of hydrogen-bond donors (Lipinski definition) is 8. The molecule has 0 aliphatic heterocycles. The van der Waals surface area contributed by atoms with E-state index in [9.17, 15) is 42.3 Å². The van der Waals surface area contributed by atoms with Crippen LogP contribution in [0.2, 0.25) is 0 Å². The van der Waals surface area contributed by atoms with Crippen molar-refractivity contribution >= 4 is 51.7 Å². The van der Waals surface area contributed by atoms with Gasteiger partial charge in [0.25, 0.3) is 10.0 Å². The zero-order valence-electron chi connectivity index (χ0n) is 43.9. The molecule has 0 bridgehead atoms. The second kappa shape index (κ2) is 28.8. The normalized spacial score (nSPS) is 13.7. The molecule has 0 unspecified atom stereocenters. The van der Waals surface area contributed by atoms with E-state index in [0.717, 1.165) is 16.7 Å². The molecular formula is C54H72N8O12S. The lowest BCUT2D eigenvalue weighted by molar-refractivity contribution is -0.143. The molecule has 21 heteroatoms. The number of nitrogens with one attached hydrogen (secondary N) is 6. The minimum absolute atomic E-state index is 0.0147. The average Bonchev–Trinajstić information content (AvgIpc) is 3.34. The Kier molecular flexibility index (Phi) is 23.1. The van der Waals surface area contributed by atoms with Gasteiger partial charge in [0.2, 0.25) is 29.6 Å². The van der Waals surface area contributed by atoms with E-state index in [4.69, 9.17) is 19.9 Å². The predicted molar refractivity (Wildman–Crippen MR) is 283 cm³/mol. The molecule has 0 saturated heterocycles. The Morgan fingerprint density at radius 2 is 1.32 bits per heavy atom. The van der Waals surface area contributed by atoms with Crippen LogP contribution in [0.4, 0.5) is 4.79 Å². The number of amides is 5. The van der Waals surface area contributed by atoms with Crippen molar-refractivity contribution in [3.63, 3.8) is 0 Å². The Morgan fingerprint density at radius 1 is 0.733 bits per heavy atom. The fourth-order valence-corrected chi connectivity index (χ4v) is 9.13. The first-order chi connectivity index (χ1) is 35.4. The zero-order valence-corrected chi connectivity index (χ0v) is 44.7. The van der Waals surface area contributed by atoms with Crippen molar-refractivity contribution in [1.82, 2.24) is 31.3 Å². The first-order valence-corrected chi connectivity index (χ1v) is 26.1. The zero-order chi connectivity index (χ0) is 55.3. The largest absolute Gasteiger partial charge is 0.489 e. The van der Waals surface area contributed by atoms with Crippen LogP contribution < -0.4 is 41.8 Å². The smallest absolute Gasteiger partial charge is 0.408 e. The molecule has 4 aromatic carbocycles. The fourth-order valence-electron chi connectivity index (χ4n) is 7.72. The lowest BCUT2D eigenvalue weighted by atomic mass is 9.97. The average molecular weight is 1060 g/mol. The number of carbonyl (C=O) groups is 6. The van der Waals surface area contributed by atoms with Crippen LogP contribution >= 0.6 is 0 Å². The number of alkyl carbamates (subject to hydrolysis) is 1. The number of guanidine groups is 1. The van der Waals surface area contributed by atoms with Gasteiger partial charge in [0.05, 0.1) is 24.7 Å². The molecule has 0 aromatic heterocycles. The van der Waals surface area contributed by atoms with Gasteiger partial charge in [-0.15, -0.1) is 0 Å². The summed E-state index contributed by atoms with van der Waals surface area (Å²) < 4.78 is 45.6. The molecule has 0 aliphatic carbocycles. The van der Waals surface area contributed by atoms with Crippen molar-refractivity contribution in [1.29, 1.82) is 0 Å². The number of ether oxygens (including phenoxy) is 3. The number of sulfonamides is 1. The van der Waals surface area contributed by atoms with Gasteiger partial charge in [-0.25, -0.2) is 22.7 Å². The molecule has 5 amide bonds. The maximum Gasteiger partial charge on any atom is 0.408 e. The van der Waals surface area contributed by atoms with Gasteiger partial charge < -0.3 is 51.6 Å². The molecule has 0 fully saturated rings. The highest BCUT2D eigenvalue weighted by Gasteiger charge is 2.32. The lowest BCUT2D eigenvalue weighted by Gasteiger charge is -2.27. The minimum atomic E-state index is -4.08. The van der Waals surface area contributed by atoms with Gasteiger partial charge in [-0.3, -0.25) is 24.2 Å². The predicted octanol–water partition coefficient (Wildman–Crippen LogP) is 4.62. The van der Waals surface area contributed by atoms with Gasteiger partial charge in [-0.1, -0.05) is 111 Å². The number of aliphatic carboxylic acids is 1. The highest BCUT2D eigenvalue weighted by atomic mass is 32.2. The maximum absolute atomic E-state index is 14.0. The van der Waals surface area contributed by atoms with E-state index in [0.29, 0.717) is 35.5 Å². The first-order valence-electron chi connectivity index (χ1n) is 24.6. The second-order valence-corrected chi connectivity index (χ2v) is 20.8. The number of hydrogen-bond acceptors (Lipinski definition) is 12. The van der Waals surface area contributed by atoms with E-state index < -0.39 is 101 Å². The van der Waals surface area contributed by atoms with E-state index in [1.165, 1.54) is 0 Å². The Balaban J connectivity index is 1.41. The van der Waals surface area contributed by atoms with E-state index in [-0.39, 0.29) is 37.3 Å². The van der Waals surface area contributed by atoms with Crippen LogP contribution in [-0.4, -0.2) is 105 Å². The highest BCUT2D eigenvalue weighted by molar-refractivity contribution is 7.90. The Labute approximate surface area is 439 Å². The number of carboxylic acid groups (broad SMARTS) is 1. The summed E-state index contributed by atoms with van der Waals surface area (Å²) >= 11 is 0. The summed E-state index contributed by atoms with van der Waals surface area (Å²) in [5, 5.41) is 22.9. The van der Waals surface area contributed by atoms with Crippen LogP contribution in [0.5, 0.6) is 5.75 Å². The third kappa shape index (κ3) is 20.7. The van der Waals surface area contributed by atoms with Crippen molar-refractivity contribution in [2.75, 3.05) is 19.7 Å². The van der Waals surface area contributed by atoms with Gasteiger partial charge in [0.15, 0.2) is 0 Å². The van der Waals surface area contributed by atoms with Gasteiger partial charge in [-0.05, 0) is 100 Å². The second-order valence-electron chi connectivity index (χ2n) is 19.2. The molecule has 406 valence electrons. The molecule has 0 aliphatic rings. The van der Waals surface area contributed by atoms with E-state index in [1.54, 1.807) is 102 Å². The summed E-state index contributed by atoms with van der Waals surface area (Å²) in [4.78, 5) is 84.6. The third-order valence-electron chi connectivity index (χ3n) is 11.5. The van der Waals surface area contributed by atoms with E-state index in [2.05, 4.69) is 36.3 Å². The highest BCUT2D eigenvalue weighted by Crippen LogP contribution is 2.22. The first kappa shape index (κ1) is 60.0. The fraction of sp³-hybridized carbons (Fsp3) is 0.426. The van der Waals surface area contributed by atoms with Gasteiger partial charge in [0.1, 0.15) is 42.1 Å². The maximum atomic E-state index is 14.0. The molecule has 0 saturated carbocycles. The number of rotatable bonds is 27. The number of carboxylic acids is 1. The molecule has 20 nitrogen and oxygen atoms in total. The van der Waals surface area contributed by atoms with Crippen LogP contribution in [-0.2, 0) is 63.1 Å². The SMILES string of the molecule is CC[C@H](C)[C@H](NC(=O)[C@H](Cc1ccc(OCc2ccccc2)cc1)NC(=O)OC(C)(C)C)C(=O)NCC(=O)N[C@@H](COCc1ccccc1)C(=O)N[C@@H](CCCN=C(N)NS(=O)(=O)c1c(C)cc(C)cc1C)C(=O)O. The molecule has 4 aromatic rings. The van der Waals surface area contributed by atoms with Crippen molar-refractivity contribution in [2.24, 2.45) is 16.6 Å². The van der Waals surface area contributed by atoms with E-state index in [1.807, 2.05) is 50.2 Å². The van der Waals surface area contributed by atoms with Crippen LogP contribution in [0, 0.1) is 26.7 Å². The third-order valence-corrected chi connectivity index (χ3v) is 13.2. The molecule has 0 heterocycles. The number of carbonyl (C=O) groups excluding carboxylic acids is 5. The summed E-state index contributed by atoms with van der Waals surface area (Å²) in [5.41, 5.74) is 9.38. The monoisotopic (exact) mass is 1060 g/mol. The number of nitrogens with two attached hydrogens (primary N) is 1. The molecule has 9 N–H and O–H groups in total. The summed E-state index contributed by atoms with van der Waals surface area (Å²) in [6.07, 6.45) is -0.512. The lowest BCUT2D eigenvalue weighted by Crippen LogP contribution is -2.58. The summed E-state index contributed by atoms with van der Waals surface area (Å²) in [7, 11) is -4.08. The Morgan fingerprint density at radius 3 is 1.89 bits per heavy atom. The van der Waals surface area contributed by atoms with Crippen LogP contribution in [0.15, 0.2) is 107 Å². The van der Waals surface area contributed by atoms with Gasteiger partial charge in [-0.2, -0.15) is 0 Å². The molecule has 4 rings (SSSR count). The van der Waals surface area contributed by atoms with Crippen molar-refractivity contribution in [2.45, 2.75) is 129 Å². The topological polar surface area (TPSA) is 295 Å². The van der Waals surface area contributed by atoms with Gasteiger partial charge in [0, 0.05) is 13.0 Å². The number of aryl methyl sites for hydroxylation is 3. The minimum Gasteiger partial charge on any atom is -0.489 e. The summed E-state index contributed by atoms with van der Waals surface area (Å²) in [5.74, 6) is -4.83. The van der Waals surface area contributed by atoms with Crippen LogP contribution in [0.1, 0.15) is 87.3 Å². The van der Waals surface area contributed by atoms with Crippen molar-refractivity contribution in [3.05, 3.63) is 130 Å². The Hall–Kier alpha value is -7.52. The van der Waals surface area contributed by atoms with Crippen LogP contribution in [0.25, 0.3) is 0 Å². The van der Waals surface area contributed by atoms with Gasteiger partial charge >= 0.3 is 12.1 Å². The quantitative estimate of drug-likeness (QED) is 0.0230. The van der Waals surface area contributed by atoms with Crippen molar-refractivity contribution < 1.29 is 56.5 Å². The number of aliphatic imine (C=N–C) groups is 1. The molecule has 0 radical (unpaired) electrons. The Bertz CT molecular complexity index is 2680. The number of nitrogens with zero attached hydrogens (tertiary/aromatic N) is 1. The van der Waals surface area contributed by atoms with Crippen LogP contribution in [0.3, 0.4) is 0 Å². The molecule has 5 atom stereocenters. The molecule has 75 heavy (non-hydrogen) atoms. The molecule has 0 spiro atoms. The summed E-state index contributed by atoms with van der Waals surface area (Å²) in [6, 6.07) is 23.8. The standard InChI is InChI=1S/C54H72N8O12S/c1-9-35(3)46(61-48(64)43(60-53(69)74-54(6,7)8)29-38-22-24-41(25-23-38)73-32-40-19-14-11-15-20-40)50(66)57-30-45(63)58-44(33-72-31-39-17-12-10-13-18-39)49(65)59-42(51(67)68)21-16-26-56-52(55)62-75(70,71)47-36(4)27-34(2)28-37(47)5/h10-15,17-20,22-25,27-28,35,42-44,46H,9,16,21,26,29-33H2,1-8H3,(H,57,66)(H,58,63)(H,59,65)(H,60,69)(H,61,64)(H,67,68)(H3,55,56,62)/t35-,42-,43-,44-,46-/m0/s1. The molecular weight excluding hydrogens is 985 g/mol. The number of benzene rings is 4. The summed E-state index contributed by atoms with van der Waals surface area (Å²) in [6.45, 7) is 13.0.